The maximum Gasteiger partial charge on any atom is 0.244 e. The number of nitrogens with one attached hydrogen (secondary N) is 1. The summed E-state index contributed by atoms with van der Waals surface area (Å²) >= 11 is 5.81. The molecule has 0 bridgehead atoms. The van der Waals surface area contributed by atoms with Crippen LogP contribution in [-0.2, 0) is 4.79 Å². The van der Waals surface area contributed by atoms with Gasteiger partial charge in [-0.15, -0.1) is 0 Å². The van der Waals surface area contributed by atoms with Crippen LogP contribution < -0.4 is 5.32 Å². The van der Waals surface area contributed by atoms with Crippen LogP contribution in [0.2, 0.25) is 5.15 Å². The lowest BCUT2D eigenvalue weighted by Crippen LogP contribution is -2.43. The molecule has 1 aliphatic rings. The second-order valence-electron chi connectivity index (χ2n) is 4.62. The Kier molecular flexibility index (Phi) is 4.42. The van der Waals surface area contributed by atoms with Crippen LogP contribution in [0.4, 0.5) is 5.69 Å². The number of hydrogen-bond acceptors (Lipinski definition) is 3. The number of likely N-dealkylation sites (tertiary alicyclic amines) is 1. The van der Waals surface area contributed by atoms with Gasteiger partial charge in [-0.3, -0.25) is 4.79 Å². The van der Waals surface area contributed by atoms with Gasteiger partial charge in [-0.1, -0.05) is 11.6 Å². The van der Waals surface area contributed by atoms with Crippen molar-refractivity contribution in [2.75, 3.05) is 18.4 Å². The van der Waals surface area contributed by atoms with Gasteiger partial charge >= 0.3 is 0 Å². The zero-order valence-electron chi connectivity index (χ0n) is 10.5. The fourth-order valence-electron chi connectivity index (χ4n) is 2.19. The number of piperidine rings is 1. The predicted octanol–water partition coefficient (Wildman–Crippen LogP) is 2.55. The Morgan fingerprint density at radius 2 is 2.17 bits per heavy atom. The molecule has 1 fully saturated rings. The lowest BCUT2D eigenvalue weighted by Gasteiger charge is -2.29. The summed E-state index contributed by atoms with van der Waals surface area (Å²) in [5.74, 6) is 0.155. The van der Waals surface area contributed by atoms with E-state index in [1.807, 2.05) is 17.9 Å². The van der Waals surface area contributed by atoms with Gasteiger partial charge in [0, 0.05) is 25.0 Å². The first kappa shape index (κ1) is 13.1. The summed E-state index contributed by atoms with van der Waals surface area (Å²) in [5, 5.41) is 3.59. The standard InChI is InChI=1S/C13H18ClN3O/c1-10(13(18)17-7-3-2-4-8-17)16-11-5-6-15-12(14)9-11/h5-6,9-10H,2-4,7-8H2,1H3,(H,15,16). The normalized spacial score (nSPS) is 17.3. The summed E-state index contributed by atoms with van der Waals surface area (Å²) in [5.41, 5.74) is 0.827. The molecule has 1 atom stereocenters. The van der Waals surface area contributed by atoms with Crippen molar-refractivity contribution in [1.82, 2.24) is 9.88 Å². The number of carbonyl (C=O) groups is 1. The largest absolute Gasteiger partial charge is 0.374 e. The second kappa shape index (κ2) is 6.05. The van der Waals surface area contributed by atoms with E-state index in [0.29, 0.717) is 5.15 Å². The molecule has 1 amide bonds. The number of rotatable bonds is 3. The Morgan fingerprint density at radius 1 is 1.44 bits per heavy atom. The summed E-state index contributed by atoms with van der Waals surface area (Å²) in [6, 6.07) is 3.30. The molecule has 4 nitrogen and oxygen atoms in total. The summed E-state index contributed by atoms with van der Waals surface area (Å²) in [7, 11) is 0. The maximum atomic E-state index is 12.2. The highest BCUT2D eigenvalue weighted by Crippen LogP contribution is 2.15. The third-order valence-corrected chi connectivity index (χ3v) is 3.35. The van der Waals surface area contributed by atoms with E-state index in [0.717, 1.165) is 31.6 Å². The van der Waals surface area contributed by atoms with Gasteiger partial charge in [-0.25, -0.2) is 4.98 Å². The minimum Gasteiger partial charge on any atom is -0.374 e. The number of nitrogens with zero attached hydrogens (tertiary/aromatic N) is 2. The average Bonchev–Trinajstić information content (AvgIpc) is 2.39. The van der Waals surface area contributed by atoms with Crippen LogP contribution in [0.3, 0.4) is 0 Å². The van der Waals surface area contributed by atoms with Crippen LogP contribution in [0, 0.1) is 0 Å². The smallest absolute Gasteiger partial charge is 0.244 e. The van der Waals surface area contributed by atoms with Crippen LogP contribution in [-0.4, -0.2) is 34.9 Å². The van der Waals surface area contributed by atoms with Crippen molar-refractivity contribution < 1.29 is 4.79 Å². The zero-order chi connectivity index (χ0) is 13.0. The van der Waals surface area contributed by atoms with Crippen LogP contribution in [0.5, 0.6) is 0 Å². The van der Waals surface area contributed by atoms with E-state index in [1.165, 1.54) is 6.42 Å². The SMILES string of the molecule is CC(Nc1ccnc(Cl)c1)C(=O)N1CCCCC1. The van der Waals surface area contributed by atoms with Gasteiger partial charge in [0.15, 0.2) is 0 Å². The predicted molar refractivity (Wildman–Crippen MR) is 72.8 cm³/mol. The molecular weight excluding hydrogens is 250 g/mol. The third-order valence-electron chi connectivity index (χ3n) is 3.15. The first-order valence-electron chi connectivity index (χ1n) is 6.34. The van der Waals surface area contributed by atoms with Gasteiger partial charge in [0.2, 0.25) is 5.91 Å². The number of aromatic nitrogens is 1. The summed E-state index contributed by atoms with van der Waals surface area (Å²) in [6.07, 6.45) is 5.08. The molecule has 2 heterocycles. The molecule has 0 radical (unpaired) electrons. The van der Waals surface area contributed by atoms with Crippen molar-refractivity contribution in [3.05, 3.63) is 23.5 Å². The molecule has 1 unspecified atom stereocenters. The molecule has 2 rings (SSSR count). The quantitative estimate of drug-likeness (QED) is 0.856. The van der Waals surface area contributed by atoms with Crippen LogP contribution in [0.25, 0.3) is 0 Å². The molecule has 1 aromatic heterocycles. The molecule has 0 spiro atoms. The Balaban J connectivity index is 1.94. The highest BCUT2D eigenvalue weighted by atomic mass is 35.5. The second-order valence-corrected chi connectivity index (χ2v) is 5.01. The summed E-state index contributed by atoms with van der Waals surface area (Å²) in [4.78, 5) is 18.0. The first-order valence-corrected chi connectivity index (χ1v) is 6.71. The number of anilines is 1. The maximum absolute atomic E-state index is 12.2. The number of halogens is 1. The van der Waals surface area contributed by atoms with Gasteiger partial charge in [0.05, 0.1) is 0 Å². The highest BCUT2D eigenvalue weighted by Gasteiger charge is 2.21. The van der Waals surface area contributed by atoms with E-state index < -0.39 is 0 Å². The molecule has 5 heteroatoms. The Hall–Kier alpha value is -1.29. The summed E-state index contributed by atoms with van der Waals surface area (Å²) in [6.45, 7) is 3.63. The van der Waals surface area contributed by atoms with Crippen molar-refractivity contribution in [1.29, 1.82) is 0 Å². The molecular formula is C13H18ClN3O. The third kappa shape index (κ3) is 3.35. The van der Waals surface area contributed by atoms with Gasteiger partial charge in [0.1, 0.15) is 11.2 Å². The number of pyridine rings is 1. The lowest BCUT2D eigenvalue weighted by molar-refractivity contribution is -0.132. The summed E-state index contributed by atoms with van der Waals surface area (Å²) < 4.78 is 0. The molecule has 98 valence electrons. The van der Waals surface area contributed by atoms with E-state index in [1.54, 1.807) is 12.3 Å². The molecule has 0 aromatic carbocycles. The van der Waals surface area contributed by atoms with Crippen LogP contribution >= 0.6 is 11.6 Å². The van der Waals surface area contributed by atoms with Gasteiger partial charge in [0.25, 0.3) is 0 Å². The fraction of sp³-hybridized carbons (Fsp3) is 0.538. The van der Waals surface area contributed by atoms with E-state index in [2.05, 4.69) is 10.3 Å². The monoisotopic (exact) mass is 267 g/mol. The highest BCUT2D eigenvalue weighted by molar-refractivity contribution is 6.29. The van der Waals surface area contributed by atoms with Crippen LogP contribution in [0.1, 0.15) is 26.2 Å². The van der Waals surface area contributed by atoms with Gasteiger partial charge in [-0.2, -0.15) is 0 Å². The Labute approximate surface area is 112 Å². The minimum atomic E-state index is -0.235. The average molecular weight is 268 g/mol. The van der Waals surface area contributed by atoms with Crippen molar-refractivity contribution in [3.63, 3.8) is 0 Å². The van der Waals surface area contributed by atoms with Crippen molar-refractivity contribution in [3.8, 4) is 0 Å². The molecule has 0 saturated carbocycles. The molecule has 0 aliphatic carbocycles. The number of hydrogen-bond donors (Lipinski definition) is 1. The molecule has 1 aliphatic heterocycles. The van der Waals surface area contributed by atoms with E-state index in [-0.39, 0.29) is 11.9 Å². The molecule has 1 aromatic rings. The van der Waals surface area contributed by atoms with Crippen molar-refractivity contribution in [2.45, 2.75) is 32.2 Å². The fourth-order valence-corrected chi connectivity index (χ4v) is 2.37. The first-order chi connectivity index (χ1) is 8.66. The zero-order valence-corrected chi connectivity index (χ0v) is 11.3. The molecule has 18 heavy (non-hydrogen) atoms. The topological polar surface area (TPSA) is 45.2 Å². The Bertz CT molecular complexity index is 418. The van der Waals surface area contributed by atoms with Gasteiger partial charge in [-0.05, 0) is 38.3 Å². The molecule has 1 N–H and O–H groups in total. The molecule has 1 saturated heterocycles. The van der Waals surface area contributed by atoms with Crippen LogP contribution in [0.15, 0.2) is 18.3 Å². The van der Waals surface area contributed by atoms with E-state index >= 15 is 0 Å². The lowest BCUT2D eigenvalue weighted by atomic mass is 10.1. The minimum absolute atomic E-state index is 0.155. The van der Waals surface area contributed by atoms with E-state index in [4.69, 9.17) is 11.6 Å². The Morgan fingerprint density at radius 3 is 2.83 bits per heavy atom. The van der Waals surface area contributed by atoms with Crippen molar-refractivity contribution in [2.24, 2.45) is 0 Å². The number of amides is 1. The number of carbonyl (C=O) groups excluding carboxylic acids is 1. The van der Waals surface area contributed by atoms with Crippen molar-refractivity contribution >= 4 is 23.2 Å². The van der Waals surface area contributed by atoms with Gasteiger partial charge < -0.3 is 10.2 Å². The van der Waals surface area contributed by atoms with E-state index in [9.17, 15) is 4.79 Å².